The summed E-state index contributed by atoms with van der Waals surface area (Å²) in [5, 5.41) is 8.75. The maximum absolute atomic E-state index is 12.2. The maximum atomic E-state index is 12.2. The molecule has 9 heteroatoms. The number of nitrogens with one attached hydrogen (secondary N) is 2. The van der Waals surface area contributed by atoms with Crippen LogP contribution in [0.15, 0.2) is 22.5 Å². The Morgan fingerprint density at radius 2 is 2.07 bits per heavy atom. The Bertz CT molecular complexity index is 600. The lowest BCUT2D eigenvalue weighted by Gasteiger charge is -2.33. The van der Waals surface area contributed by atoms with Gasteiger partial charge >= 0.3 is 0 Å². The van der Waals surface area contributed by atoms with Crippen LogP contribution < -0.4 is 10.6 Å². The molecule has 2 N–H and O–H groups in total. The first-order chi connectivity index (χ1) is 12.9. The van der Waals surface area contributed by atoms with E-state index in [2.05, 4.69) is 40.0 Å². The van der Waals surface area contributed by atoms with Gasteiger partial charge in [-0.05, 0) is 39.1 Å². The van der Waals surface area contributed by atoms with Crippen LogP contribution in [0.3, 0.4) is 0 Å². The van der Waals surface area contributed by atoms with Crippen LogP contribution in [-0.2, 0) is 15.5 Å². The summed E-state index contributed by atoms with van der Waals surface area (Å²) in [5.74, 6) is 1.41. The minimum atomic E-state index is -0.864. The topological polar surface area (TPSA) is 66.0 Å². The molecule has 1 aliphatic rings. The van der Waals surface area contributed by atoms with Gasteiger partial charge in [0.25, 0.3) is 0 Å². The molecule has 6 nitrogen and oxygen atoms in total. The number of halogens is 1. The first kappa shape index (κ1) is 25.8. The smallest absolute Gasteiger partial charge is 0.191 e. The van der Waals surface area contributed by atoms with Gasteiger partial charge in [-0.2, -0.15) is 0 Å². The van der Waals surface area contributed by atoms with E-state index in [1.165, 1.54) is 4.88 Å². The predicted octanol–water partition coefficient (Wildman–Crippen LogP) is 2.84. The lowest BCUT2D eigenvalue weighted by Crippen LogP contribution is -2.42. The zero-order valence-corrected chi connectivity index (χ0v) is 21.4. The SMILES string of the molecule is CCNC(=NCC(c1cccs1)N1CCOCC1)NCCS(=O)C(C)(C)C.I. The van der Waals surface area contributed by atoms with Crippen molar-refractivity contribution in [3.63, 3.8) is 0 Å². The summed E-state index contributed by atoms with van der Waals surface area (Å²) in [6, 6.07) is 4.56. The second kappa shape index (κ2) is 13.1. The lowest BCUT2D eigenvalue weighted by molar-refractivity contribution is 0.0186. The molecule has 2 heterocycles. The standard InChI is InChI=1S/C19H34N4O2S2.HI/c1-5-20-18(21-8-14-27(24)19(2,3)4)22-15-16(17-7-6-13-26-17)23-9-11-25-12-10-23;/h6-7,13,16H,5,8-12,14-15H2,1-4H3,(H2,20,21,22);1H. The zero-order valence-electron chi connectivity index (χ0n) is 17.4. The summed E-state index contributed by atoms with van der Waals surface area (Å²) < 4.78 is 17.5. The number of thiophene rings is 1. The van der Waals surface area contributed by atoms with Crippen LogP contribution in [0.1, 0.15) is 38.6 Å². The Morgan fingerprint density at radius 1 is 1.36 bits per heavy atom. The number of nitrogens with zero attached hydrogens (tertiary/aromatic N) is 2. The summed E-state index contributed by atoms with van der Waals surface area (Å²) in [6.07, 6.45) is 0. The fraction of sp³-hybridized carbons (Fsp3) is 0.737. The van der Waals surface area contributed by atoms with E-state index in [1.54, 1.807) is 11.3 Å². The van der Waals surface area contributed by atoms with Gasteiger partial charge in [0, 0.05) is 52.4 Å². The van der Waals surface area contributed by atoms with Gasteiger partial charge in [0.2, 0.25) is 0 Å². The van der Waals surface area contributed by atoms with Gasteiger partial charge in [0.1, 0.15) is 0 Å². The van der Waals surface area contributed by atoms with Gasteiger partial charge in [-0.15, -0.1) is 35.3 Å². The quantitative estimate of drug-likeness (QED) is 0.301. The molecule has 0 spiro atoms. The van der Waals surface area contributed by atoms with Crippen LogP contribution in [0, 0.1) is 0 Å². The van der Waals surface area contributed by atoms with E-state index in [0.717, 1.165) is 38.8 Å². The Hall–Kier alpha value is -0.230. The highest BCUT2D eigenvalue weighted by atomic mass is 127. The first-order valence-electron chi connectivity index (χ1n) is 9.67. The molecular formula is C19H35IN4O2S2. The predicted molar refractivity (Wildman–Crippen MR) is 132 cm³/mol. The van der Waals surface area contributed by atoms with Crippen molar-refractivity contribution in [1.82, 2.24) is 15.5 Å². The van der Waals surface area contributed by atoms with E-state index in [1.807, 2.05) is 20.8 Å². The van der Waals surface area contributed by atoms with Crippen molar-refractivity contribution in [2.75, 3.05) is 51.7 Å². The zero-order chi connectivity index (χ0) is 19.7. The molecular weight excluding hydrogens is 507 g/mol. The molecule has 0 amide bonds. The number of guanidine groups is 1. The van der Waals surface area contributed by atoms with E-state index in [0.29, 0.717) is 18.8 Å². The number of aliphatic imine (C=N–C) groups is 1. The summed E-state index contributed by atoms with van der Waals surface area (Å²) in [7, 11) is -0.864. The van der Waals surface area contributed by atoms with Crippen LogP contribution in [0.4, 0.5) is 0 Å². The van der Waals surface area contributed by atoms with E-state index in [-0.39, 0.29) is 34.8 Å². The van der Waals surface area contributed by atoms with Crippen molar-refractivity contribution in [3.05, 3.63) is 22.4 Å². The first-order valence-corrected chi connectivity index (χ1v) is 11.9. The molecule has 0 aromatic carbocycles. The largest absolute Gasteiger partial charge is 0.379 e. The third-order valence-electron chi connectivity index (χ3n) is 4.39. The highest BCUT2D eigenvalue weighted by Gasteiger charge is 2.23. The van der Waals surface area contributed by atoms with Gasteiger partial charge in [0.15, 0.2) is 5.96 Å². The van der Waals surface area contributed by atoms with Gasteiger partial charge < -0.3 is 15.4 Å². The van der Waals surface area contributed by atoms with Crippen molar-refractivity contribution in [1.29, 1.82) is 0 Å². The Kier molecular flexibility index (Phi) is 12.1. The summed E-state index contributed by atoms with van der Waals surface area (Å²) >= 11 is 1.78. The van der Waals surface area contributed by atoms with E-state index in [9.17, 15) is 4.21 Å². The molecule has 28 heavy (non-hydrogen) atoms. The Morgan fingerprint density at radius 3 is 2.64 bits per heavy atom. The molecule has 0 radical (unpaired) electrons. The van der Waals surface area contributed by atoms with Gasteiger partial charge in [-0.3, -0.25) is 14.1 Å². The van der Waals surface area contributed by atoms with Crippen molar-refractivity contribution in [2.24, 2.45) is 4.99 Å². The Labute approximate surface area is 193 Å². The average Bonchev–Trinajstić information content (AvgIpc) is 3.16. The van der Waals surface area contributed by atoms with Crippen LogP contribution in [0.5, 0.6) is 0 Å². The summed E-state index contributed by atoms with van der Waals surface area (Å²) in [4.78, 5) is 8.62. The van der Waals surface area contributed by atoms with Crippen LogP contribution in [0.25, 0.3) is 0 Å². The molecule has 0 saturated carbocycles. The second-order valence-electron chi connectivity index (χ2n) is 7.49. The molecule has 162 valence electrons. The number of hydrogen-bond donors (Lipinski definition) is 2. The van der Waals surface area contributed by atoms with Crippen LogP contribution in [0.2, 0.25) is 0 Å². The fourth-order valence-corrected chi connectivity index (χ4v) is 4.60. The number of ether oxygens (including phenoxy) is 1. The fourth-order valence-electron chi connectivity index (χ4n) is 2.84. The molecule has 2 unspecified atom stereocenters. The number of hydrogen-bond acceptors (Lipinski definition) is 5. The highest BCUT2D eigenvalue weighted by molar-refractivity contribution is 14.0. The van der Waals surface area contributed by atoms with Crippen molar-refractivity contribution in [2.45, 2.75) is 38.5 Å². The van der Waals surface area contributed by atoms with E-state index >= 15 is 0 Å². The summed E-state index contributed by atoms with van der Waals surface area (Å²) in [6.45, 7) is 13.7. The number of morpholine rings is 1. The van der Waals surface area contributed by atoms with Crippen molar-refractivity contribution in [3.8, 4) is 0 Å². The third-order valence-corrected chi connectivity index (χ3v) is 7.30. The normalized spacial score (nSPS) is 18.2. The summed E-state index contributed by atoms with van der Waals surface area (Å²) in [5.41, 5.74) is 0. The van der Waals surface area contributed by atoms with Gasteiger partial charge in [-0.1, -0.05) is 6.07 Å². The van der Waals surface area contributed by atoms with Crippen LogP contribution in [-0.4, -0.2) is 71.5 Å². The number of rotatable bonds is 8. The minimum absolute atomic E-state index is 0. The average molecular weight is 543 g/mol. The lowest BCUT2D eigenvalue weighted by atomic mass is 10.2. The molecule has 2 atom stereocenters. The maximum Gasteiger partial charge on any atom is 0.191 e. The molecule has 0 aliphatic carbocycles. The van der Waals surface area contributed by atoms with E-state index < -0.39 is 10.8 Å². The Balaban J connectivity index is 0.00000392. The van der Waals surface area contributed by atoms with Crippen LogP contribution >= 0.6 is 35.3 Å². The molecule has 1 aromatic heterocycles. The van der Waals surface area contributed by atoms with Crippen molar-refractivity contribution >= 4 is 52.1 Å². The molecule has 1 fully saturated rings. The van der Waals surface area contributed by atoms with E-state index in [4.69, 9.17) is 9.73 Å². The van der Waals surface area contributed by atoms with Gasteiger partial charge in [0.05, 0.1) is 25.8 Å². The molecule has 1 aromatic rings. The van der Waals surface area contributed by atoms with Crippen molar-refractivity contribution < 1.29 is 8.95 Å². The molecule has 1 aliphatic heterocycles. The minimum Gasteiger partial charge on any atom is -0.379 e. The molecule has 1 saturated heterocycles. The second-order valence-corrected chi connectivity index (χ2v) is 10.8. The molecule has 0 bridgehead atoms. The molecule has 2 rings (SSSR count). The third kappa shape index (κ3) is 8.64. The highest BCUT2D eigenvalue weighted by Crippen LogP contribution is 2.26. The monoisotopic (exact) mass is 542 g/mol. The van der Waals surface area contributed by atoms with Gasteiger partial charge in [-0.25, -0.2) is 0 Å².